The van der Waals surface area contributed by atoms with Crippen molar-refractivity contribution in [3.8, 4) is 0 Å². The number of rotatable bonds is 4. The van der Waals surface area contributed by atoms with Crippen LogP contribution in [0.25, 0.3) is 0 Å². The number of aryl methyl sites for hydroxylation is 2. The average molecular weight is 233 g/mol. The second kappa shape index (κ2) is 5.32. The molecular formula is C14H19NO2. The van der Waals surface area contributed by atoms with E-state index >= 15 is 0 Å². The van der Waals surface area contributed by atoms with Gasteiger partial charge in [-0.3, -0.25) is 4.79 Å². The fourth-order valence-corrected chi connectivity index (χ4v) is 2.38. The predicted molar refractivity (Wildman–Crippen MR) is 66.9 cm³/mol. The minimum absolute atomic E-state index is 0.153. The van der Waals surface area contributed by atoms with Gasteiger partial charge in [-0.1, -0.05) is 23.8 Å². The first kappa shape index (κ1) is 12.1. The Labute approximate surface area is 102 Å². The minimum atomic E-state index is -0.153. The molecule has 1 N–H and O–H groups in total. The van der Waals surface area contributed by atoms with Crippen molar-refractivity contribution >= 4 is 5.97 Å². The van der Waals surface area contributed by atoms with Gasteiger partial charge in [-0.05, 0) is 30.9 Å². The predicted octanol–water partition coefficient (Wildman–Crippen LogP) is 2.14. The Hall–Kier alpha value is -1.35. The van der Waals surface area contributed by atoms with Crippen LogP contribution in [0.4, 0.5) is 0 Å². The largest absolute Gasteiger partial charge is 0.469 e. The highest BCUT2D eigenvalue weighted by Gasteiger charge is 2.21. The lowest BCUT2D eigenvalue weighted by molar-refractivity contribution is -0.140. The fourth-order valence-electron chi connectivity index (χ4n) is 2.38. The lowest BCUT2D eigenvalue weighted by Gasteiger charge is -2.14. The Kier molecular flexibility index (Phi) is 3.79. The number of hydrogen-bond donors (Lipinski definition) is 1. The molecule has 1 aromatic carbocycles. The molecule has 0 amide bonds. The van der Waals surface area contributed by atoms with Gasteiger partial charge in [0.1, 0.15) is 0 Å². The normalized spacial score (nSPS) is 17.9. The number of hydrogen-bond acceptors (Lipinski definition) is 3. The lowest BCUT2D eigenvalue weighted by atomic mass is 10.1. The Morgan fingerprint density at radius 3 is 3.12 bits per heavy atom. The maximum absolute atomic E-state index is 11.0. The Morgan fingerprint density at radius 2 is 2.35 bits per heavy atom. The van der Waals surface area contributed by atoms with Crippen LogP contribution in [-0.4, -0.2) is 19.6 Å². The average Bonchev–Trinajstić information content (AvgIpc) is 2.72. The van der Waals surface area contributed by atoms with E-state index in [4.69, 9.17) is 0 Å². The molecule has 92 valence electrons. The Bertz CT molecular complexity index is 415. The van der Waals surface area contributed by atoms with Crippen molar-refractivity contribution in [2.75, 3.05) is 13.7 Å². The number of esters is 1. The number of methoxy groups -OCH3 is 1. The summed E-state index contributed by atoms with van der Waals surface area (Å²) in [6.07, 6.45) is 2.69. The number of ether oxygens (including phenoxy) is 1. The molecule has 0 spiro atoms. The molecule has 1 aliphatic carbocycles. The summed E-state index contributed by atoms with van der Waals surface area (Å²) in [6.45, 7) is 2.80. The van der Waals surface area contributed by atoms with E-state index in [9.17, 15) is 4.79 Å². The molecule has 2 rings (SSSR count). The molecule has 3 heteroatoms. The van der Waals surface area contributed by atoms with E-state index in [-0.39, 0.29) is 5.97 Å². The molecule has 0 radical (unpaired) electrons. The number of benzene rings is 1. The highest BCUT2D eigenvalue weighted by molar-refractivity contribution is 5.69. The molecule has 0 bridgehead atoms. The summed E-state index contributed by atoms with van der Waals surface area (Å²) in [6, 6.07) is 7.02. The monoisotopic (exact) mass is 233 g/mol. The SMILES string of the molecule is COC(=O)CCNC1CCc2ccc(C)cc21. The maximum atomic E-state index is 11.0. The first-order chi connectivity index (χ1) is 8.20. The molecule has 17 heavy (non-hydrogen) atoms. The lowest BCUT2D eigenvalue weighted by Crippen LogP contribution is -2.22. The second-order valence-corrected chi connectivity index (χ2v) is 4.57. The molecule has 0 aliphatic heterocycles. The van der Waals surface area contributed by atoms with Gasteiger partial charge in [0.05, 0.1) is 13.5 Å². The van der Waals surface area contributed by atoms with Crippen LogP contribution in [-0.2, 0) is 16.0 Å². The molecule has 0 saturated carbocycles. The first-order valence-corrected chi connectivity index (χ1v) is 6.10. The van der Waals surface area contributed by atoms with Gasteiger partial charge in [0, 0.05) is 12.6 Å². The molecule has 0 fully saturated rings. The summed E-state index contributed by atoms with van der Waals surface area (Å²) < 4.78 is 4.62. The topological polar surface area (TPSA) is 38.3 Å². The summed E-state index contributed by atoms with van der Waals surface area (Å²) >= 11 is 0. The summed E-state index contributed by atoms with van der Waals surface area (Å²) in [5.74, 6) is -0.153. The molecular weight excluding hydrogens is 214 g/mol. The van der Waals surface area contributed by atoms with E-state index in [2.05, 4.69) is 35.2 Å². The zero-order valence-corrected chi connectivity index (χ0v) is 10.5. The van der Waals surface area contributed by atoms with E-state index in [1.54, 1.807) is 0 Å². The first-order valence-electron chi connectivity index (χ1n) is 6.10. The summed E-state index contributed by atoms with van der Waals surface area (Å²) in [4.78, 5) is 11.0. The fraction of sp³-hybridized carbons (Fsp3) is 0.500. The van der Waals surface area contributed by atoms with Gasteiger partial charge in [-0.25, -0.2) is 0 Å². The number of carbonyl (C=O) groups excluding carboxylic acids is 1. The van der Waals surface area contributed by atoms with Crippen molar-refractivity contribution in [1.82, 2.24) is 5.32 Å². The second-order valence-electron chi connectivity index (χ2n) is 4.57. The molecule has 0 saturated heterocycles. The van der Waals surface area contributed by atoms with Gasteiger partial charge in [0.15, 0.2) is 0 Å². The number of fused-ring (bicyclic) bond motifs is 1. The van der Waals surface area contributed by atoms with E-state index in [0.717, 1.165) is 12.8 Å². The van der Waals surface area contributed by atoms with E-state index in [1.165, 1.54) is 23.8 Å². The third kappa shape index (κ3) is 2.86. The van der Waals surface area contributed by atoms with Crippen LogP contribution in [0.15, 0.2) is 18.2 Å². The molecule has 1 aromatic rings. The molecule has 1 unspecified atom stereocenters. The van der Waals surface area contributed by atoms with Crippen LogP contribution in [0.2, 0.25) is 0 Å². The zero-order valence-electron chi connectivity index (χ0n) is 10.5. The molecule has 1 aliphatic rings. The van der Waals surface area contributed by atoms with Crippen LogP contribution in [0.1, 0.15) is 35.6 Å². The van der Waals surface area contributed by atoms with Gasteiger partial charge in [0.2, 0.25) is 0 Å². The van der Waals surface area contributed by atoms with Crippen molar-refractivity contribution in [3.05, 3.63) is 34.9 Å². The van der Waals surface area contributed by atoms with E-state index in [0.29, 0.717) is 19.0 Å². The van der Waals surface area contributed by atoms with Crippen LogP contribution in [0.5, 0.6) is 0 Å². The van der Waals surface area contributed by atoms with Gasteiger partial charge in [-0.2, -0.15) is 0 Å². The van der Waals surface area contributed by atoms with Gasteiger partial charge >= 0.3 is 5.97 Å². The van der Waals surface area contributed by atoms with Crippen molar-refractivity contribution in [3.63, 3.8) is 0 Å². The van der Waals surface area contributed by atoms with Crippen molar-refractivity contribution in [1.29, 1.82) is 0 Å². The summed E-state index contributed by atoms with van der Waals surface area (Å²) in [5.41, 5.74) is 4.13. The molecule has 1 atom stereocenters. The zero-order chi connectivity index (χ0) is 12.3. The van der Waals surface area contributed by atoms with Gasteiger partial charge in [-0.15, -0.1) is 0 Å². The maximum Gasteiger partial charge on any atom is 0.306 e. The van der Waals surface area contributed by atoms with Crippen molar-refractivity contribution in [2.45, 2.75) is 32.2 Å². The molecule has 0 heterocycles. The smallest absolute Gasteiger partial charge is 0.306 e. The van der Waals surface area contributed by atoms with Crippen LogP contribution in [0.3, 0.4) is 0 Å². The van der Waals surface area contributed by atoms with Gasteiger partial charge < -0.3 is 10.1 Å². The number of nitrogens with one attached hydrogen (secondary N) is 1. The highest BCUT2D eigenvalue weighted by Crippen LogP contribution is 2.31. The van der Waals surface area contributed by atoms with E-state index in [1.807, 2.05) is 0 Å². The van der Waals surface area contributed by atoms with Crippen molar-refractivity contribution < 1.29 is 9.53 Å². The Morgan fingerprint density at radius 1 is 1.53 bits per heavy atom. The summed E-state index contributed by atoms with van der Waals surface area (Å²) in [5, 5.41) is 3.43. The third-order valence-electron chi connectivity index (χ3n) is 3.33. The quantitative estimate of drug-likeness (QED) is 0.810. The van der Waals surface area contributed by atoms with Crippen LogP contribution < -0.4 is 5.32 Å². The number of carbonyl (C=O) groups is 1. The standard InChI is InChI=1S/C14H19NO2/c1-10-3-4-11-5-6-13(12(11)9-10)15-8-7-14(16)17-2/h3-4,9,13,15H,5-8H2,1-2H3. The summed E-state index contributed by atoms with van der Waals surface area (Å²) in [7, 11) is 1.43. The highest BCUT2D eigenvalue weighted by atomic mass is 16.5. The Balaban J connectivity index is 1.93. The molecule has 3 nitrogen and oxygen atoms in total. The van der Waals surface area contributed by atoms with Crippen molar-refractivity contribution in [2.24, 2.45) is 0 Å². The minimum Gasteiger partial charge on any atom is -0.469 e. The van der Waals surface area contributed by atoms with Crippen LogP contribution in [0, 0.1) is 6.92 Å². The molecule has 0 aromatic heterocycles. The third-order valence-corrected chi connectivity index (χ3v) is 3.33. The van der Waals surface area contributed by atoms with Crippen LogP contribution >= 0.6 is 0 Å². The van der Waals surface area contributed by atoms with Gasteiger partial charge in [0.25, 0.3) is 0 Å². The van der Waals surface area contributed by atoms with E-state index < -0.39 is 0 Å².